The summed E-state index contributed by atoms with van der Waals surface area (Å²) in [5.74, 6) is 0.938. The van der Waals surface area contributed by atoms with Gasteiger partial charge in [-0.05, 0) is 0 Å². The summed E-state index contributed by atoms with van der Waals surface area (Å²) in [6, 6.07) is 0. The van der Waals surface area contributed by atoms with Gasteiger partial charge in [-0.25, -0.2) is 29.3 Å². The van der Waals surface area contributed by atoms with E-state index in [-0.39, 0.29) is 0 Å². The lowest BCUT2D eigenvalue weighted by atomic mass is 10.3. The van der Waals surface area contributed by atoms with Crippen LogP contribution in [0.2, 0.25) is 0 Å². The lowest BCUT2D eigenvalue weighted by molar-refractivity contribution is 0.188. The van der Waals surface area contributed by atoms with Crippen LogP contribution in [-0.2, 0) is 11.3 Å². The van der Waals surface area contributed by atoms with Crippen molar-refractivity contribution in [3.8, 4) is 0 Å². The third kappa shape index (κ3) is 3.15. The van der Waals surface area contributed by atoms with E-state index < -0.39 is 5.82 Å². The molecule has 0 aromatic carbocycles. The van der Waals surface area contributed by atoms with E-state index in [1.54, 1.807) is 19.8 Å². The fourth-order valence-electron chi connectivity index (χ4n) is 3.04. The van der Waals surface area contributed by atoms with E-state index in [1.807, 2.05) is 9.47 Å². The summed E-state index contributed by atoms with van der Waals surface area (Å²) in [7, 11) is 1.67. The second-order valence-corrected chi connectivity index (χ2v) is 5.98. The van der Waals surface area contributed by atoms with E-state index in [1.165, 1.54) is 12.4 Å². The highest BCUT2D eigenvalue weighted by Crippen LogP contribution is 2.23. The molecule has 9 nitrogen and oxygen atoms in total. The monoisotopic (exact) mass is 358 g/mol. The first-order chi connectivity index (χ1) is 12.8. The number of anilines is 2. The number of nitrogens with zero attached hydrogens (tertiary/aromatic N) is 8. The summed E-state index contributed by atoms with van der Waals surface area (Å²) in [4.78, 5) is 25.6. The molecule has 1 fully saturated rings. The minimum Gasteiger partial charge on any atom is -0.383 e. The summed E-state index contributed by atoms with van der Waals surface area (Å²) < 4.78 is 20.1. The molecule has 3 aromatic heterocycles. The molecular weight excluding hydrogens is 339 g/mol. The SMILES string of the molecule is COCCn1cnc2c(N3CCN(c4ncc(F)cn4)CC3)ncnc21. The quantitative estimate of drug-likeness (QED) is 0.660. The molecule has 0 amide bonds. The molecule has 10 heteroatoms. The van der Waals surface area contributed by atoms with Crippen molar-refractivity contribution in [1.82, 2.24) is 29.5 Å². The Hall–Kier alpha value is -2.88. The van der Waals surface area contributed by atoms with Crippen LogP contribution in [0.15, 0.2) is 25.0 Å². The van der Waals surface area contributed by atoms with Crippen LogP contribution in [0.1, 0.15) is 0 Å². The Morgan fingerprint density at radius 2 is 1.73 bits per heavy atom. The van der Waals surface area contributed by atoms with Gasteiger partial charge in [0.2, 0.25) is 5.95 Å². The number of aromatic nitrogens is 6. The van der Waals surface area contributed by atoms with Crippen molar-refractivity contribution in [1.29, 1.82) is 0 Å². The van der Waals surface area contributed by atoms with E-state index in [4.69, 9.17) is 4.74 Å². The van der Waals surface area contributed by atoms with Crippen LogP contribution >= 0.6 is 0 Å². The fraction of sp³-hybridized carbons (Fsp3) is 0.438. The molecule has 136 valence electrons. The molecule has 1 aliphatic rings. The highest BCUT2D eigenvalue weighted by Gasteiger charge is 2.23. The maximum atomic E-state index is 13.0. The van der Waals surface area contributed by atoms with Crippen LogP contribution in [0.25, 0.3) is 11.2 Å². The first kappa shape index (κ1) is 16.6. The summed E-state index contributed by atoms with van der Waals surface area (Å²) in [5.41, 5.74) is 1.59. The minimum absolute atomic E-state index is 0.431. The molecule has 4 heterocycles. The lowest BCUT2D eigenvalue weighted by Gasteiger charge is -2.35. The van der Waals surface area contributed by atoms with E-state index >= 15 is 0 Å². The zero-order valence-corrected chi connectivity index (χ0v) is 14.4. The van der Waals surface area contributed by atoms with Crippen molar-refractivity contribution in [3.63, 3.8) is 0 Å². The van der Waals surface area contributed by atoms with E-state index in [2.05, 4.69) is 29.8 Å². The first-order valence-corrected chi connectivity index (χ1v) is 8.38. The second kappa shape index (κ2) is 7.16. The summed E-state index contributed by atoms with van der Waals surface area (Å²) in [6.45, 7) is 4.23. The average molecular weight is 358 g/mol. The Kier molecular flexibility index (Phi) is 4.57. The van der Waals surface area contributed by atoms with Crippen LogP contribution in [0.3, 0.4) is 0 Å². The Morgan fingerprint density at radius 1 is 1.00 bits per heavy atom. The van der Waals surface area contributed by atoms with Gasteiger partial charge in [-0.15, -0.1) is 0 Å². The van der Waals surface area contributed by atoms with Gasteiger partial charge in [-0.1, -0.05) is 0 Å². The maximum absolute atomic E-state index is 13.0. The normalized spacial score (nSPS) is 15.0. The van der Waals surface area contributed by atoms with Crippen molar-refractivity contribution in [2.24, 2.45) is 0 Å². The van der Waals surface area contributed by atoms with Gasteiger partial charge in [0.1, 0.15) is 6.33 Å². The maximum Gasteiger partial charge on any atom is 0.225 e. The predicted molar refractivity (Wildman–Crippen MR) is 93.6 cm³/mol. The molecule has 0 N–H and O–H groups in total. The summed E-state index contributed by atoms with van der Waals surface area (Å²) in [6.07, 6.45) is 5.72. The molecule has 0 aliphatic carbocycles. The highest BCUT2D eigenvalue weighted by atomic mass is 19.1. The lowest BCUT2D eigenvalue weighted by Crippen LogP contribution is -2.47. The van der Waals surface area contributed by atoms with Gasteiger partial charge in [-0.2, -0.15) is 0 Å². The van der Waals surface area contributed by atoms with Gasteiger partial charge in [0.05, 0.1) is 25.3 Å². The van der Waals surface area contributed by atoms with Gasteiger partial charge >= 0.3 is 0 Å². The Labute approximate surface area is 149 Å². The van der Waals surface area contributed by atoms with E-state index in [0.29, 0.717) is 19.1 Å². The Morgan fingerprint density at radius 3 is 2.46 bits per heavy atom. The van der Waals surface area contributed by atoms with Crippen LogP contribution in [0.4, 0.5) is 16.2 Å². The molecule has 0 atom stereocenters. The molecule has 0 bridgehead atoms. The minimum atomic E-state index is -0.431. The van der Waals surface area contributed by atoms with Gasteiger partial charge in [0, 0.05) is 39.8 Å². The van der Waals surface area contributed by atoms with Crippen molar-refractivity contribution < 1.29 is 9.13 Å². The zero-order chi connectivity index (χ0) is 17.9. The number of ether oxygens (including phenoxy) is 1. The van der Waals surface area contributed by atoms with Crippen LogP contribution in [0, 0.1) is 5.82 Å². The molecule has 4 rings (SSSR count). The largest absolute Gasteiger partial charge is 0.383 e. The second-order valence-electron chi connectivity index (χ2n) is 5.98. The molecule has 26 heavy (non-hydrogen) atoms. The third-order valence-electron chi connectivity index (χ3n) is 4.39. The van der Waals surface area contributed by atoms with E-state index in [0.717, 1.165) is 43.2 Å². The number of imidazole rings is 1. The van der Waals surface area contributed by atoms with Crippen LogP contribution in [0.5, 0.6) is 0 Å². The van der Waals surface area contributed by atoms with Crippen molar-refractivity contribution in [2.45, 2.75) is 6.54 Å². The number of hydrogen-bond donors (Lipinski definition) is 0. The van der Waals surface area contributed by atoms with Gasteiger partial charge in [0.15, 0.2) is 22.8 Å². The number of hydrogen-bond acceptors (Lipinski definition) is 8. The van der Waals surface area contributed by atoms with Crippen molar-refractivity contribution in [2.75, 3.05) is 49.7 Å². The number of rotatable bonds is 5. The third-order valence-corrected chi connectivity index (χ3v) is 4.39. The number of halogens is 1. The topological polar surface area (TPSA) is 85.1 Å². The van der Waals surface area contributed by atoms with Crippen molar-refractivity contribution >= 4 is 22.9 Å². The Balaban J connectivity index is 1.50. The summed E-state index contributed by atoms with van der Waals surface area (Å²) in [5, 5.41) is 0. The van der Waals surface area contributed by atoms with Gasteiger partial charge < -0.3 is 19.1 Å². The number of fused-ring (bicyclic) bond motifs is 1. The fourth-order valence-corrected chi connectivity index (χ4v) is 3.04. The van der Waals surface area contributed by atoms with Crippen LogP contribution in [-0.4, -0.2) is 69.4 Å². The van der Waals surface area contributed by atoms with Crippen LogP contribution < -0.4 is 9.80 Å². The first-order valence-electron chi connectivity index (χ1n) is 8.38. The van der Waals surface area contributed by atoms with Gasteiger partial charge in [-0.3, -0.25) is 0 Å². The van der Waals surface area contributed by atoms with E-state index in [9.17, 15) is 4.39 Å². The molecule has 3 aromatic rings. The highest BCUT2D eigenvalue weighted by molar-refractivity contribution is 5.83. The molecule has 1 aliphatic heterocycles. The molecule has 0 saturated carbocycles. The molecule has 0 unspecified atom stereocenters. The smallest absolute Gasteiger partial charge is 0.225 e. The zero-order valence-electron chi connectivity index (χ0n) is 14.4. The standard InChI is InChI=1S/C16H19FN8O/c1-26-7-6-25-11-22-13-14(20-10-21-15(13)25)23-2-4-24(5-3-23)16-18-8-12(17)9-19-16/h8-11H,2-7H2,1H3. The summed E-state index contributed by atoms with van der Waals surface area (Å²) >= 11 is 0. The average Bonchev–Trinajstić information content (AvgIpc) is 3.10. The molecule has 0 radical (unpaired) electrons. The van der Waals surface area contributed by atoms with Gasteiger partial charge in [0.25, 0.3) is 0 Å². The Bertz CT molecular complexity index is 876. The predicted octanol–water partition coefficient (Wildman–Crippen LogP) is 0.728. The molecule has 0 spiro atoms. The number of methoxy groups -OCH3 is 1. The molecule has 1 saturated heterocycles. The van der Waals surface area contributed by atoms with Crippen molar-refractivity contribution in [3.05, 3.63) is 30.9 Å². The number of piperazine rings is 1. The molecular formula is C16H19FN8O.